The molecule has 27 heavy (non-hydrogen) atoms. The molecule has 1 heterocycles. The number of nitrogens with zero attached hydrogens (tertiary/aromatic N) is 1. The predicted molar refractivity (Wildman–Crippen MR) is 91.5 cm³/mol. The lowest BCUT2D eigenvalue weighted by Crippen LogP contribution is -2.41. The summed E-state index contributed by atoms with van der Waals surface area (Å²) in [7, 11) is -3.20. The molecule has 0 saturated carbocycles. The number of halogens is 2. The quantitative estimate of drug-likeness (QED) is 0.725. The van der Waals surface area contributed by atoms with Gasteiger partial charge in [-0.05, 0) is 24.3 Å². The highest BCUT2D eigenvalue weighted by Crippen LogP contribution is 2.31. The number of para-hydroxylation sites is 1. The van der Waals surface area contributed by atoms with Gasteiger partial charge in [0.25, 0.3) is 0 Å². The molecule has 2 atom stereocenters. The zero-order valence-electron chi connectivity index (χ0n) is 14.3. The van der Waals surface area contributed by atoms with E-state index < -0.39 is 44.7 Å². The molecule has 1 saturated heterocycles. The van der Waals surface area contributed by atoms with Crippen LogP contribution >= 0.6 is 0 Å². The summed E-state index contributed by atoms with van der Waals surface area (Å²) in [6.45, 7) is -0.245. The second-order valence-electron chi connectivity index (χ2n) is 5.95. The highest BCUT2D eigenvalue weighted by atomic mass is 32.2. The fraction of sp³-hybridized carbons (Fsp3) is 0.278. The Hall–Kier alpha value is -2.52. The zero-order valence-corrected chi connectivity index (χ0v) is 15.2. The SMILES string of the molecule is COC(=O)C1CC(Oc2ccccc2F)CN1S(=O)(=O)c1ccccc1F. The van der Waals surface area contributed by atoms with Crippen molar-refractivity contribution in [2.75, 3.05) is 13.7 Å². The minimum atomic E-state index is -4.33. The van der Waals surface area contributed by atoms with Crippen molar-refractivity contribution in [1.29, 1.82) is 0 Å². The highest BCUT2D eigenvalue weighted by Gasteiger charge is 2.46. The van der Waals surface area contributed by atoms with E-state index >= 15 is 0 Å². The van der Waals surface area contributed by atoms with Crippen LogP contribution in [0.4, 0.5) is 8.78 Å². The Bertz CT molecular complexity index is 950. The number of esters is 1. The fourth-order valence-corrected chi connectivity index (χ4v) is 4.66. The summed E-state index contributed by atoms with van der Waals surface area (Å²) in [6.07, 6.45) is -0.846. The van der Waals surface area contributed by atoms with E-state index in [1.807, 2.05) is 0 Å². The van der Waals surface area contributed by atoms with Crippen LogP contribution < -0.4 is 4.74 Å². The normalized spacial score (nSPS) is 20.4. The van der Waals surface area contributed by atoms with Crippen LogP contribution in [0, 0.1) is 11.6 Å². The molecule has 2 aromatic carbocycles. The fourth-order valence-electron chi connectivity index (χ4n) is 2.97. The van der Waals surface area contributed by atoms with Gasteiger partial charge in [-0.15, -0.1) is 0 Å². The largest absolute Gasteiger partial charge is 0.486 e. The monoisotopic (exact) mass is 397 g/mol. The Balaban J connectivity index is 1.92. The Morgan fingerprint density at radius 1 is 1.07 bits per heavy atom. The van der Waals surface area contributed by atoms with Gasteiger partial charge in [-0.2, -0.15) is 4.31 Å². The maximum Gasteiger partial charge on any atom is 0.324 e. The molecular weight excluding hydrogens is 380 g/mol. The molecular formula is C18H17F2NO5S. The lowest BCUT2D eigenvalue weighted by Gasteiger charge is -2.22. The van der Waals surface area contributed by atoms with Crippen LogP contribution in [0.5, 0.6) is 5.75 Å². The molecule has 0 amide bonds. The number of sulfonamides is 1. The Morgan fingerprint density at radius 3 is 2.33 bits per heavy atom. The molecule has 2 unspecified atom stereocenters. The van der Waals surface area contributed by atoms with Crippen LogP contribution in [0.2, 0.25) is 0 Å². The van der Waals surface area contributed by atoms with E-state index in [1.54, 1.807) is 6.07 Å². The van der Waals surface area contributed by atoms with Crippen LogP contribution in [0.15, 0.2) is 53.4 Å². The number of carbonyl (C=O) groups is 1. The third-order valence-corrected chi connectivity index (χ3v) is 6.15. The highest BCUT2D eigenvalue weighted by molar-refractivity contribution is 7.89. The summed E-state index contributed by atoms with van der Waals surface area (Å²) in [4.78, 5) is 11.6. The Morgan fingerprint density at radius 2 is 1.70 bits per heavy atom. The van der Waals surface area contributed by atoms with Crippen LogP contribution in [-0.2, 0) is 19.6 Å². The van der Waals surface area contributed by atoms with Gasteiger partial charge in [0.15, 0.2) is 11.6 Å². The molecule has 0 aliphatic carbocycles. The third-order valence-electron chi connectivity index (χ3n) is 4.24. The van der Waals surface area contributed by atoms with Gasteiger partial charge in [0, 0.05) is 6.42 Å². The summed E-state index contributed by atoms with van der Waals surface area (Å²) in [5.74, 6) is -2.40. The number of ether oxygens (including phenoxy) is 2. The lowest BCUT2D eigenvalue weighted by atomic mass is 10.2. The summed E-state index contributed by atoms with van der Waals surface area (Å²) in [5.41, 5.74) is 0. The van der Waals surface area contributed by atoms with Crippen molar-refractivity contribution in [3.63, 3.8) is 0 Å². The van der Waals surface area contributed by atoms with Gasteiger partial charge in [0.05, 0.1) is 13.7 Å². The Kier molecular flexibility index (Phi) is 5.43. The number of hydrogen-bond donors (Lipinski definition) is 0. The first kappa shape index (κ1) is 19.2. The van der Waals surface area contributed by atoms with E-state index in [4.69, 9.17) is 4.74 Å². The minimum Gasteiger partial charge on any atom is -0.486 e. The standard InChI is InChI=1S/C18H17F2NO5S/c1-25-18(22)15-10-12(26-16-8-4-2-6-13(16)19)11-21(15)27(23,24)17-9-5-3-7-14(17)20/h2-9,12,15H,10-11H2,1H3. The van der Waals surface area contributed by atoms with Crippen molar-refractivity contribution in [2.45, 2.75) is 23.5 Å². The second-order valence-corrected chi connectivity index (χ2v) is 7.81. The van der Waals surface area contributed by atoms with Crippen molar-refractivity contribution in [2.24, 2.45) is 0 Å². The number of benzene rings is 2. The van der Waals surface area contributed by atoms with Crippen LogP contribution in [0.1, 0.15) is 6.42 Å². The molecule has 144 valence electrons. The molecule has 3 rings (SSSR count). The maximum absolute atomic E-state index is 14.0. The van der Waals surface area contributed by atoms with Gasteiger partial charge in [0.1, 0.15) is 22.9 Å². The van der Waals surface area contributed by atoms with Crippen LogP contribution in [0.3, 0.4) is 0 Å². The van der Waals surface area contributed by atoms with Gasteiger partial charge in [-0.1, -0.05) is 24.3 Å². The molecule has 0 aromatic heterocycles. The maximum atomic E-state index is 14.0. The zero-order chi connectivity index (χ0) is 19.6. The molecule has 2 aromatic rings. The van der Waals surface area contributed by atoms with Crippen molar-refractivity contribution in [3.8, 4) is 5.75 Å². The van der Waals surface area contributed by atoms with Crippen molar-refractivity contribution < 1.29 is 31.5 Å². The summed E-state index contributed by atoms with van der Waals surface area (Å²) >= 11 is 0. The molecule has 0 N–H and O–H groups in total. The van der Waals surface area contributed by atoms with Gasteiger partial charge in [0.2, 0.25) is 10.0 Å². The topological polar surface area (TPSA) is 72.9 Å². The van der Waals surface area contributed by atoms with E-state index in [0.29, 0.717) is 0 Å². The van der Waals surface area contributed by atoms with Gasteiger partial charge in [-0.3, -0.25) is 4.79 Å². The Labute approximate surface area is 155 Å². The number of carbonyl (C=O) groups excluding carboxylic acids is 1. The lowest BCUT2D eigenvalue weighted by molar-refractivity contribution is -0.144. The molecule has 9 heteroatoms. The second kappa shape index (κ2) is 7.61. The van der Waals surface area contributed by atoms with Gasteiger partial charge < -0.3 is 9.47 Å². The summed E-state index contributed by atoms with van der Waals surface area (Å²) in [6, 6.07) is 9.34. The first-order valence-corrected chi connectivity index (χ1v) is 9.54. The smallest absolute Gasteiger partial charge is 0.324 e. The molecule has 6 nitrogen and oxygen atoms in total. The molecule has 1 aliphatic heterocycles. The minimum absolute atomic E-state index is 0.0469. The molecule has 0 spiro atoms. The van der Waals surface area contributed by atoms with E-state index in [9.17, 15) is 22.0 Å². The van der Waals surface area contributed by atoms with Gasteiger partial charge in [-0.25, -0.2) is 17.2 Å². The number of methoxy groups -OCH3 is 1. The van der Waals surface area contributed by atoms with Crippen molar-refractivity contribution in [1.82, 2.24) is 4.31 Å². The summed E-state index contributed by atoms with van der Waals surface area (Å²) < 4.78 is 64.7. The van der Waals surface area contributed by atoms with Crippen LogP contribution in [0.25, 0.3) is 0 Å². The van der Waals surface area contributed by atoms with E-state index in [-0.39, 0.29) is 18.7 Å². The number of hydrogen-bond acceptors (Lipinski definition) is 5. The van der Waals surface area contributed by atoms with Crippen molar-refractivity contribution in [3.05, 3.63) is 60.2 Å². The van der Waals surface area contributed by atoms with E-state index in [2.05, 4.69) is 4.74 Å². The van der Waals surface area contributed by atoms with Crippen LogP contribution in [-0.4, -0.2) is 44.5 Å². The summed E-state index contributed by atoms with van der Waals surface area (Å²) in [5, 5.41) is 0. The average molecular weight is 397 g/mol. The molecule has 1 fully saturated rings. The van der Waals surface area contributed by atoms with E-state index in [0.717, 1.165) is 23.5 Å². The predicted octanol–water partition coefficient (Wildman–Crippen LogP) is 2.35. The first-order valence-electron chi connectivity index (χ1n) is 8.10. The van der Waals surface area contributed by atoms with Crippen molar-refractivity contribution >= 4 is 16.0 Å². The third kappa shape index (κ3) is 3.79. The molecule has 0 bridgehead atoms. The first-order chi connectivity index (χ1) is 12.8. The average Bonchev–Trinajstić information content (AvgIpc) is 3.08. The van der Waals surface area contributed by atoms with E-state index in [1.165, 1.54) is 30.3 Å². The molecule has 0 radical (unpaired) electrons. The molecule has 1 aliphatic rings. The number of rotatable bonds is 5. The van der Waals surface area contributed by atoms with Gasteiger partial charge >= 0.3 is 5.97 Å².